The third kappa shape index (κ3) is 3.65. The van der Waals surface area contributed by atoms with Crippen molar-refractivity contribution >= 4 is 39.3 Å². The molecular formula is C21H17BrN2O4S. The van der Waals surface area contributed by atoms with Gasteiger partial charge in [-0.05, 0) is 49.8 Å². The van der Waals surface area contributed by atoms with Crippen LogP contribution in [0.5, 0.6) is 0 Å². The van der Waals surface area contributed by atoms with Crippen molar-refractivity contribution in [1.29, 1.82) is 0 Å². The zero-order valence-electron chi connectivity index (χ0n) is 15.7. The van der Waals surface area contributed by atoms with Crippen LogP contribution in [0.4, 0.5) is 0 Å². The smallest absolute Gasteiger partial charge is 0.338 e. The largest absolute Gasteiger partial charge is 0.467 e. The highest BCUT2D eigenvalue weighted by molar-refractivity contribution is 9.10. The molecule has 1 aliphatic rings. The summed E-state index contributed by atoms with van der Waals surface area (Å²) in [7, 11) is 0. The highest BCUT2D eigenvalue weighted by atomic mass is 79.9. The van der Waals surface area contributed by atoms with Gasteiger partial charge in [0.05, 0.1) is 28.7 Å². The quantitative estimate of drug-likeness (QED) is 0.546. The number of allylic oxidation sites excluding steroid dienone is 1. The lowest BCUT2D eigenvalue weighted by atomic mass is 10.0. The van der Waals surface area contributed by atoms with Crippen LogP contribution < -0.4 is 14.9 Å². The summed E-state index contributed by atoms with van der Waals surface area (Å²) in [6.07, 6.45) is 3.34. The summed E-state index contributed by atoms with van der Waals surface area (Å²) in [4.78, 5) is 31.0. The normalized spacial score (nSPS) is 16.5. The third-order valence-electron chi connectivity index (χ3n) is 4.48. The van der Waals surface area contributed by atoms with E-state index in [2.05, 4.69) is 20.9 Å². The molecule has 4 rings (SSSR count). The first-order valence-corrected chi connectivity index (χ1v) is 10.6. The SMILES string of the molecule is CCOC(=O)C1=C(C)N=c2s/c(=C\c3cccc(Br)c3)c(=O)n2C1c1ccco1. The van der Waals surface area contributed by atoms with E-state index >= 15 is 0 Å². The first-order valence-electron chi connectivity index (χ1n) is 8.98. The molecule has 3 aromatic rings. The van der Waals surface area contributed by atoms with Gasteiger partial charge < -0.3 is 9.15 Å². The van der Waals surface area contributed by atoms with Gasteiger partial charge in [0.15, 0.2) is 4.80 Å². The first-order chi connectivity index (χ1) is 14.0. The number of fused-ring (bicyclic) bond motifs is 1. The minimum absolute atomic E-state index is 0.230. The van der Waals surface area contributed by atoms with E-state index in [0.29, 0.717) is 26.4 Å². The van der Waals surface area contributed by atoms with E-state index in [1.54, 1.807) is 26.0 Å². The van der Waals surface area contributed by atoms with Gasteiger partial charge in [-0.1, -0.05) is 39.4 Å². The van der Waals surface area contributed by atoms with Crippen LogP contribution in [0.1, 0.15) is 31.2 Å². The van der Waals surface area contributed by atoms with Gasteiger partial charge in [-0.15, -0.1) is 0 Å². The van der Waals surface area contributed by atoms with Gasteiger partial charge in [0.1, 0.15) is 11.8 Å². The van der Waals surface area contributed by atoms with Crippen molar-refractivity contribution in [2.24, 2.45) is 4.99 Å². The minimum Gasteiger partial charge on any atom is -0.467 e. The van der Waals surface area contributed by atoms with Crippen LogP contribution in [0.25, 0.3) is 6.08 Å². The lowest BCUT2D eigenvalue weighted by molar-refractivity contribution is -0.139. The lowest BCUT2D eigenvalue weighted by Gasteiger charge is -2.22. The van der Waals surface area contributed by atoms with Gasteiger partial charge in [0, 0.05) is 4.47 Å². The van der Waals surface area contributed by atoms with E-state index in [9.17, 15) is 9.59 Å². The standard InChI is InChI=1S/C21H17BrN2O4S/c1-3-27-20(26)17-12(2)23-21-24(18(17)15-8-5-9-28-15)19(25)16(29-21)11-13-6-4-7-14(22)10-13/h4-11,18H,3H2,1-2H3/b16-11-. The molecule has 0 amide bonds. The van der Waals surface area contributed by atoms with E-state index in [1.165, 1.54) is 22.2 Å². The van der Waals surface area contributed by atoms with Crippen molar-refractivity contribution in [3.63, 3.8) is 0 Å². The van der Waals surface area contributed by atoms with Gasteiger partial charge in [-0.25, -0.2) is 9.79 Å². The third-order valence-corrected chi connectivity index (χ3v) is 5.95. The fraction of sp³-hybridized carbons (Fsp3) is 0.190. The fourth-order valence-corrected chi connectivity index (χ4v) is 4.72. The molecule has 1 aromatic carbocycles. The van der Waals surface area contributed by atoms with Crippen molar-refractivity contribution in [2.45, 2.75) is 19.9 Å². The second-order valence-corrected chi connectivity index (χ2v) is 8.30. The van der Waals surface area contributed by atoms with Crippen LogP contribution in [-0.4, -0.2) is 17.1 Å². The Morgan fingerprint density at radius 2 is 2.21 bits per heavy atom. The second-order valence-electron chi connectivity index (χ2n) is 6.37. The Balaban J connectivity index is 1.94. The van der Waals surface area contributed by atoms with Crippen LogP contribution in [0.2, 0.25) is 0 Å². The average molecular weight is 473 g/mol. The number of benzene rings is 1. The van der Waals surface area contributed by atoms with Crippen molar-refractivity contribution in [2.75, 3.05) is 6.61 Å². The summed E-state index contributed by atoms with van der Waals surface area (Å²) in [6, 6.07) is 10.4. The number of aromatic nitrogens is 1. The fourth-order valence-electron chi connectivity index (χ4n) is 3.26. The molecule has 0 fully saturated rings. The van der Waals surface area contributed by atoms with Gasteiger partial charge in [-0.2, -0.15) is 0 Å². The molecule has 0 N–H and O–H groups in total. The summed E-state index contributed by atoms with van der Waals surface area (Å²) < 4.78 is 13.8. The van der Waals surface area contributed by atoms with Crippen LogP contribution in [0, 0.1) is 0 Å². The molecule has 1 atom stereocenters. The maximum absolute atomic E-state index is 13.3. The Hall–Kier alpha value is -2.71. The van der Waals surface area contributed by atoms with E-state index in [4.69, 9.17) is 9.15 Å². The monoisotopic (exact) mass is 472 g/mol. The predicted octanol–water partition coefficient (Wildman–Crippen LogP) is 3.15. The minimum atomic E-state index is -0.718. The lowest BCUT2D eigenvalue weighted by Crippen LogP contribution is -2.39. The Morgan fingerprint density at radius 1 is 1.38 bits per heavy atom. The number of carbonyl (C=O) groups is 1. The highest BCUT2D eigenvalue weighted by Gasteiger charge is 2.34. The van der Waals surface area contributed by atoms with Gasteiger partial charge >= 0.3 is 5.97 Å². The number of halogens is 1. The Bertz CT molecular complexity index is 1280. The van der Waals surface area contributed by atoms with Gasteiger partial charge in [0.2, 0.25) is 0 Å². The molecule has 0 aliphatic carbocycles. The van der Waals surface area contributed by atoms with E-state index < -0.39 is 12.0 Å². The zero-order valence-corrected chi connectivity index (χ0v) is 18.1. The van der Waals surface area contributed by atoms with E-state index in [0.717, 1.165) is 10.0 Å². The molecule has 3 heterocycles. The van der Waals surface area contributed by atoms with Crippen molar-refractivity contribution in [1.82, 2.24) is 4.57 Å². The molecule has 0 spiro atoms. The molecule has 29 heavy (non-hydrogen) atoms. The number of rotatable bonds is 4. The Kier molecular flexibility index (Phi) is 5.38. The number of thiazole rings is 1. The Labute approximate surface area is 178 Å². The van der Waals surface area contributed by atoms with Crippen LogP contribution >= 0.6 is 27.3 Å². The summed E-state index contributed by atoms with van der Waals surface area (Å²) in [5.41, 5.74) is 1.48. The maximum Gasteiger partial charge on any atom is 0.338 e. The molecular weight excluding hydrogens is 456 g/mol. The number of hydrogen-bond acceptors (Lipinski definition) is 6. The van der Waals surface area contributed by atoms with Gasteiger partial charge in [0.25, 0.3) is 5.56 Å². The van der Waals surface area contributed by atoms with Gasteiger partial charge in [-0.3, -0.25) is 9.36 Å². The van der Waals surface area contributed by atoms with Crippen LogP contribution in [0.3, 0.4) is 0 Å². The molecule has 148 valence electrons. The van der Waals surface area contributed by atoms with Crippen molar-refractivity contribution < 1.29 is 13.9 Å². The topological polar surface area (TPSA) is 73.8 Å². The molecule has 8 heteroatoms. The zero-order chi connectivity index (χ0) is 20.5. The molecule has 1 aliphatic heterocycles. The average Bonchev–Trinajstić information content (AvgIpc) is 3.30. The summed E-state index contributed by atoms with van der Waals surface area (Å²) in [6.45, 7) is 3.71. The molecule has 1 unspecified atom stereocenters. The molecule has 0 saturated heterocycles. The summed E-state index contributed by atoms with van der Waals surface area (Å²) >= 11 is 4.72. The number of furan rings is 1. The van der Waals surface area contributed by atoms with E-state index in [1.807, 2.05) is 30.3 Å². The van der Waals surface area contributed by atoms with Crippen LogP contribution in [-0.2, 0) is 9.53 Å². The first kappa shape index (κ1) is 19.6. The molecule has 0 saturated carbocycles. The van der Waals surface area contributed by atoms with Crippen molar-refractivity contribution in [3.05, 3.63) is 89.4 Å². The van der Waals surface area contributed by atoms with Crippen molar-refractivity contribution in [3.8, 4) is 0 Å². The number of carbonyl (C=O) groups excluding carboxylic acids is 1. The molecule has 0 radical (unpaired) electrons. The second kappa shape index (κ2) is 7.96. The molecule has 0 bridgehead atoms. The molecule has 6 nitrogen and oxygen atoms in total. The molecule has 2 aromatic heterocycles. The Morgan fingerprint density at radius 3 is 2.90 bits per heavy atom. The summed E-state index contributed by atoms with van der Waals surface area (Å²) in [5.74, 6) is -0.0196. The maximum atomic E-state index is 13.3. The number of esters is 1. The number of nitrogens with zero attached hydrogens (tertiary/aromatic N) is 2. The predicted molar refractivity (Wildman–Crippen MR) is 113 cm³/mol. The number of hydrogen-bond donors (Lipinski definition) is 0. The highest BCUT2D eigenvalue weighted by Crippen LogP contribution is 2.30. The van der Waals surface area contributed by atoms with E-state index in [-0.39, 0.29) is 12.2 Å². The summed E-state index contributed by atoms with van der Waals surface area (Å²) in [5, 5.41) is 0. The van der Waals surface area contributed by atoms with Crippen LogP contribution in [0.15, 0.2) is 72.6 Å². The number of ether oxygens (including phenoxy) is 1.